The molecular weight excluding hydrogens is 254 g/mol. The molecule has 0 aromatic rings. The predicted molar refractivity (Wildman–Crippen MR) is 82.5 cm³/mol. The largest absolute Gasteiger partial charge is 0.402 e. The molecule has 0 aromatic carbocycles. The average molecular weight is 283 g/mol. The summed E-state index contributed by atoms with van der Waals surface area (Å²) in [6.07, 6.45) is 3.36. The summed E-state index contributed by atoms with van der Waals surface area (Å²) >= 11 is 0. The standard InChI is InChI=1S/C15H29N3O2/c1-10(2)6-13(7-11(3)4)20-9-15(19)18-14(17)8-12(5)16/h8,10-11,13H,6-7,9,16H2,1-5H3,(H2,17,18,19)/b12-8-. The average Bonchev–Trinajstić information content (AvgIpc) is 2.22. The first kappa shape index (κ1) is 18.6. The van der Waals surface area contributed by atoms with Crippen molar-refractivity contribution in [2.45, 2.75) is 53.6 Å². The summed E-state index contributed by atoms with van der Waals surface area (Å²) < 4.78 is 5.67. The fourth-order valence-corrected chi connectivity index (χ4v) is 1.93. The van der Waals surface area contributed by atoms with Gasteiger partial charge in [0.05, 0.1) is 6.10 Å². The molecule has 0 aromatic heterocycles. The summed E-state index contributed by atoms with van der Waals surface area (Å²) in [7, 11) is 0. The molecule has 0 saturated heterocycles. The van der Waals surface area contributed by atoms with Crippen molar-refractivity contribution in [3.8, 4) is 0 Å². The Morgan fingerprint density at radius 2 is 1.75 bits per heavy atom. The van der Waals surface area contributed by atoms with Crippen LogP contribution in [0.1, 0.15) is 47.5 Å². The molecule has 0 atom stereocenters. The molecule has 0 aliphatic carbocycles. The van der Waals surface area contributed by atoms with Crippen LogP contribution in [0, 0.1) is 17.2 Å². The molecule has 116 valence electrons. The van der Waals surface area contributed by atoms with Gasteiger partial charge in [-0.15, -0.1) is 0 Å². The lowest BCUT2D eigenvalue weighted by Gasteiger charge is -2.21. The number of allylic oxidation sites excluding steroid dienone is 1. The number of hydrogen-bond acceptors (Lipinski definition) is 4. The summed E-state index contributed by atoms with van der Waals surface area (Å²) in [5, 5.41) is 9.95. The smallest absolute Gasteiger partial charge is 0.251 e. The van der Waals surface area contributed by atoms with E-state index in [2.05, 4.69) is 33.0 Å². The molecule has 20 heavy (non-hydrogen) atoms. The van der Waals surface area contributed by atoms with Gasteiger partial charge in [0.1, 0.15) is 12.4 Å². The fourth-order valence-electron chi connectivity index (χ4n) is 1.93. The Kier molecular flexibility index (Phi) is 8.88. The van der Waals surface area contributed by atoms with Gasteiger partial charge in [-0.1, -0.05) is 27.7 Å². The van der Waals surface area contributed by atoms with E-state index in [1.165, 1.54) is 6.08 Å². The molecule has 4 N–H and O–H groups in total. The van der Waals surface area contributed by atoms with Crippen molar-refractivity contribution in [2.24, 2.45) is 17.6 Å². The maximum absolute atomic E-state index is 11.7. The van der Waals surface area contributed by atoms with Crippen LogP contribution in [0.15, 0.2) is 11.8 Å². The molecule has 0 saturated carbocycles. The van der Waals surface area contributed by atoms with Crippen LogP contribution < -0.4 is 11.1 Å². The quantitative estimate of drug-likeness (QED) is 0.472. The van der Waals surface area contributed by atoms with E-state index >= 15 is 0 Å². The van der Waals surface area contributed by atoms with Gasteiger partial charge < -0.3 is 15.8 Å². The first-order valence-corrected chi connectivity index (χ1v) is 7.14. The summed E-state index contributed by atoms with van der Waals surface area (Å²) in [6.45, 7) is 10.2. The fraction of sp³-hybridized carbons (Fsp3) is 0.733. The molecule has 5 heteroatoms. The van der Waals surface area contributed by atoms with Gasteiger partial charge in [0.25, 0.3) is 5.91 Å². The van der Waals surface area contributed by atoms with Gasteiger partial charge >= 0.3 is 0 Å². The van der Waals surface area contributed by atoms with E-state index < -0.39 is 0 Å². The van der Waals surface area contributed by atoms with Crippen LogP contribution >= 0.6 is 0 Å². The SMILES string of the molecule is C/C(N)=C/C(=N)NC(=O)COC(CC(C)C)CC(C)C. The first-order valence-electron chi connectivity index (χ1n) is 7.14. The molecule has 1 amide bonds. The van der Waals surface area contributed by atoms with E-state index in [4.69, 9.17) is 15.9 Å². The minimum absolute atomic E-state index is 0.0112. The third-order valence-electron chi connectivity index (χ3n) is 2.56. The topological polar surface area (TPSA) is 88.2 Å². The van der Waals surface area contributed by atoms with Crippen molar-refractivity contribution in [1.29, 1.82) is 5.41 Å². The Balaban J connectivity index is 4.22. The second-order valence-corrected chi connectivity index (χ2v) is 6.04. The van der Waals surface area contributed by atoms with Gasteiger partial charge in [-0.2, -0.15) is 0 Å². The van der Waals surface area contributed by atoms with Crippen LogP contribution in [0.2, 0.25) is 0 Å². The van der Waals surface area contributed by atoms with E-state index in [9.17, 15) is 4.79 Å². The lowest BCUT2D eigenvalue weighted by atomic mass is 9.98. The molecule has 5 nitrogen and oxygen atoms in total. The monoisotopic (exact) mass is 283 g/mol. The zero-order valence-corrected chi connectivity index (χ0v) is 13.3. The van der Waals surface area contributed by atoms with Gasteiger partial charge in [0.2, 0.25) is 0 Å². The highest BCUT2D eigenvalue weighted by Crippen LogP contribution is 2.16. The molecular formula is C15H29N3O2. The highest BCUT2D eigenvalue weighted by atomic mass is 16.5. The highest BCUT2D eigenvalue weighted by Gasteiger charge is 2.15. The van der Waals surface area contributed by atoms with Crippen molar-refractivity contribution in [1.82, 2.24) is 5.32 Å². The zero-order chi connectivity index (χ0) is 15.7. The van der Waals surface area contributed by atoms with Crippen LogP contribution in [-0.4, -0.2) is 24.5 Å². The lowest BCUT2D eigenvalue weighted by molar-refractivity contribution is -0.127. The zero-order valence-electron chi connectivity index (χ0n) is 13.3. The predicted octanol–water partition coefficient (Wildman–Crippen LogP) is 2.42. The molecule has 0 bridgehead atoms. The number of carbonyl (C=O) groups excluding carboxylic acids is 1. The lowest BCUT2D eigenvalue weighted by Crippen LogP contribution is -2.34. The van der Waals surface area contributed by atoms with Crippen molar-refractivity contribution in [3.05, 3.63) is 11.8 Å². The molecule has 0 rings (SSSR count). The number of ether oxygens (including phenoxy) is 1. The van der Waals surface area contributed by atoms with Gasteiger partial charge in [-0.3, -0.25) is 10.2 Å². The van der Waals surface area contributed by atoms with E-state index in [1.807, 2.05) is 0 Å². The number of carbonyl (C=O) groups is 1. The number of rotatable bonds is 8. The van der Waals surface area contributed by atoms with E-state index in [-0.39, 0.29) is 24.5 Å². The Morgan fingerprint density at radius 1 is 1.25 bits per heavy atom. The molecule has 0 fully saturated rings. The van der Waals surface area contributed by atoms with Crippen LogP contribution in [0.25, 0.3) is 0 Å². The number of nitrogens with two attached hydrogens (primary N) is 1. The second-order valence-electron chi connectivity index (χ2n) is 6.04. The Bertz CT molecular complexity index is 335. The van der Waals surface area contributed by atoms with Crippen LogP contribution in [0.3, 0.4) is 0 Å². The normalized spacial score (nSPS) is 12.3. The number of hydrogen-bond donors (Lipinski definition) is 3. The second kappa shape index (κ2) is 9.53. The third-order valence-corrected chi connectivity index (χ3v) is 2.56. The third kappa shape index (κ3) is 10.6. The van der Waals surface area contributed by atoms with Crippen LogP contribution in [-0.2, 0) is 9.53 Å². The van der Waals surface area contributed by atoms with Gasteiger partial charge in [0, 0.05) is 5.70 Å². The van der Waals surface area contributed by atoms with Crippen molar-refractivity contribution >= 4 is 11.7 Å². The molecule has 0 heterocycles. The summed E-state index contributed by atoms with van der Waals surface area (Å²) in [5.74, 6) is 0.735. The first-order chi connectivity index (χ1) is 9.20. The Hall–Kier alpha value is -1.36. The summed E-state index contributed by atoms with van der Waals surface area (Å²) in [5.41, 5.74) is 5.92. The Morgan fingerprint density at radius 3 is 2.15 bits per heavy atom. The minimum Gasteiger partial charge on any atom is -0.402 e. The molecule has 0 unspecified atom stereocenters. The van der Waals surface area contributed by atoms with Gasteiger partial charge in [0.15, 0.2) is 0 Å². The van der Waals surface area contributed by atoms with E-state index in [0.29, 0.717) is 17.5 Å². The summed E-state index contributed by atoms with van der Waals surface area (Å²) in [4.78, 5) is 11.7. The molecule has 0 aliphatic rings. The number of amides is 1. The van der Waals surface area contributed by atoms with Gasteiger partial charge in [-0.05, 0) is 37.7 Å². The molecule has 0 radical (unpaired) electrons. The highest BCUT2D eigenvalue weighted by molar-refractivity contribution is 6.03. The van der Waals surface area contributed by atoms with Crippen LogP contribution in [0.5, 0.6) is 0 Å². The summed E-state index contributed by atoms with van der Waals surface area (Å²) in [6, 6.07) is 0. The molecule has 0 spiro atoms. The number of nitrogens with one attached hydrogen (secondary N) is 2. The maximum Gasteiger partial charge on any atom is 0.251 e. The van der Waals surface area contributed by atoms with Crippen molar-refractivity contribution in [2.75, 3.05) is 6.61 Å². The Labute approximate surface area is 122 Å². The number of amidine groups is 1. The van der Waals surface area contributed by atoms with Crippen molar-refractivity contribution < 1.29 is 9.53 Å². The molecule has 0 aliphatic heterocycles. The minimum atomic E-state index is -0.315. The van der Waals surface area contributed by atoms with Gasteiger partial charge in [-0.25, -0.2) is 0 Å². The van der Waals surface area contributed by atoms with Crippen LogP contribution in [0.4, 0.5) is 0 Å². The van der Waals surface area contributed by atoms with Crippen molar-refractivity contribution in [3.63, 3.8) is 0 Å². The maximum atomic E-state index is 11.7. The van der Waals surface area contributed by atoms with E-state index in [1.54, 1.807) is 6.92 Å². The van der Waals surface area contributed by atoms with E-state index in [0.717, 1.165) is 12.8 Å².